The third-order valence-corrected chi connectivity index (χ3v) is 4.07. The second-order valence-electron chi connectivity index (χ2n) is 6.28. The quantitative estimate of drug-likeness (QED) is 0.358. The Hall–Kier alpha value is -4.06. The molecule has 3 aromatic carbocycles. The minimum absolute atomic E-state index is 0.283. The lowest BCUT2D eigenvalue weighted by Gasteiger charge is -2.09. The van der Waals surface area contributed by atoms with E-state index < -0.39 is 0 Å². The van der Waals surface area contributed by atoms with Crippen LogP contribution in [0.4, 0.5) is 5.69 Å². The Balaban J connectivity index is 1.38. The van der Waals surface area contributed by atoms with E-state index >= 15 is 0 Å². The maximum atomic E-state index is 6.01. The van der Waals surface area contributed by atoms with Crippen LogP contribution in [0.2, 0.25) is 0 Å². The van der Waals surface area contributed by atoms with E-state index in [2.05, 4.69) is 15.3 Å². The molecule has 0 atom stereocenters. The molecule has 6 nitrogen and oxygen atoms in total. The highest BCUT2D eigenvalue weighted by Gasteiger charge is 2.06. The van der Waals surface area contributed by atoms with Crippen LogP contribution in [0.25, 0.3) is 11.5 Å². The smallest absolute Gasteiger partial charge is 0.226 e. The molecule has 0 saturated carbocycles. The van der Waals surface area contributed by atoms with Gasteiger partial charge in [-0.05, 0) is 36.4 Å². The summed E-state index contributed by atoms with van der Waals surface area (Å²) in [6.45, 7) is 0.315. The summed E-state index contributed by atoms with van der Waals surface area (Å²) in [6, 6.07) is 26.8. The van der Waals surface area contributed by atoms with Gasteiger partial charge in [0.15, 0.2) is 5.96 Å². The normalized spacial score (nSPS) is 11.2. The molecule has 29 heavy (non-hydrogen) atoms. The molecule has 6 heteroatoms. The number of nitrogens with two attached hydrogens (primary N) is 1. The van der Waals surface area contributed by atoms with Crippen molar-refractivity contribution in [3.05, 3.63) is 96.9 Å². The Kier molecular flexibility index (Phi) is 5.53. The van der Waals surface area contributed by atoms with E-state index in [-0.39, 0.29) is 5.96 Å². The molecule has 0 radical (unpaired) electrons. The minimum atomic E-state index is 0.283. The molecule has 1 aromatic heterocycles. The molecule has 4 aromatic rings. The van der Waals surface area contributed by atoms with Crippen LogP contribution in [-0.4, -0.2) is 10.9 Å². The van der Waals surface area contributed by atoms with Gasteiger partial charge in [0.25, 0.3) is 0 Å². The molecular formula is C23H20N4O2. The Morgan fingerprint density at radius 2 is 1.66 bits per heavy atom. The van der Waals surface area contributed by atoms with Crippen LogP contribution in [0.5, 0.6) is 11.5 Å². The zero-order valence-electron chi connectivity index (χ0n) is 15.7. The van der Waals surface area contributed by atoms with Crippen molar-refractivity contribution in [3.8, 4) is 23.0 Å². The number of aromatic nitrogens is 1. The first-order valence-electron chi connectivity index (χ1n) is 9.16. The topological polar surface area (TPSA) is 85.7 Å². The van der Waals surface area contributed by atoms with E-state index in [1.807, 2.05) is 84.9 Å². The van der Waals surface area contributed by atoms with Gasteiger partial charge >= 0.3 is 0 Å². The van der Waals surface area contributed by atoms with Gasteiger partial charge in [-0.2, -0.15) is 0 Å². The summed E-state index contributed by atoms with van der Waals surface area (Å²) in [7, 11) is 0. The fourth-order valence-electron chi connectivity index (χ4n) is 2.71. The second kappa shape index (κ2) is 8.75. The van der Waals surface area contributed by atoms with Crippen LogP contribution >= 0.6 is 0 Å². The number of para-hydroxylation sites is 1. The fourth-order valence-corrected chi connectivity index (χ4v) is 2.71. The van der Waals surface area contributed by atoms with E-state index in [9.17, 15) is 0 Å². The summed E-state index contributed by atoms with van der Waals surface area (Å²) in [5.41, 5.74) is 8.42. The zero-order valence-corrected chi connectivity index (χ0v) is 15.7. The molecule has 0 bridgehead atoms. The maximum absolute atomic E-state index is 6.01. The van der Waals surface area contributed by atoms with Crippen molar-refractivity contribution >= 4 is 11.6 Å². The van der Waals surface area contributed by atoms with Crippen LogP contribution in [0.15, 0.2) is 101 Å². The number of hydrogen-bond acceptors (Lipinski definition) is 4. The van der Waals surface area contributed by atoms with Crippen molar-refractivity contribution in [2.24, 2.45) is 10.7 Å². The Bertz CT molecular complexity index is 1090. The molecule has 0 saturated heterocycles. The lowest BCUT2D eigenvalue weighted by Crippen LogP contribution is -2.22. The molecule has 0 aliphatic rings. The summed E-state index contributed by atoms with van der Waals surface area (Å²) >= 11 is 0. The molecule has 0 unspecified atom stereocenters. The minimum Gasteiger partial charge on any atom is -0.457 e. The Morgan fingerprint density at radius 3 is 2.45 bits per heavy atom. The number of rotatable bonds is 6. The molecule has 144 valence electrons. The van der Waals surface area contributed by atoms with Gasteiger partial charge in [-0.1, -0.05) is 42.5 Å². The zero-order chi connectivity index (χ0) is 19.9. The highest BCUT2D eigenvalue weighted by atomic mass is 16.5. The standard InChI is InChI=1S/C23H20N4O2/c24-23(25-15-19-16-28-22(26-19)17-8-3-1-4-9-17)27-18-10-7-13-21(14-18)29-20-11-5-2-6-12-20/h1-14,16H,15H2,(H3,24,25,27). The third kappa shape index (κ3) is 5.01. The van der Waals surface area contributed by atoms with Crippen molar-refractivity contribution in [1.29, 1.82) is 0 Å². The van der Waals surface area contributed by atoms with Crippen LogP contribution < -0.4 is 15.8 Å². The van der Waals surface area contributed by atoms with Crippen molar-refractivity contribution in [2.75, 3.05) is 5.32 Å². The van der Waals surface area contributed by atoms with Gasteiger partial charge in [0.1, 0.15) is 23.5 Å². The number of benzene rings is 3. The molecule has 1 heterocycles. The fraction of sp³-hybridized carbons (Fsp3) is 0.0435. The first-order valence-corrected chi connectivity index (χ1v) is 9.16. The van der Waals surface area contributed by atoms with Gasteiger partial charge in [0, 0.05) is 17.3 Å². The molecule has 3 N–H and O–H groups in total. The Morgan fingerprint density at radius 1 is 0.931 bits per heavy atom. The largest absolute Gasteiger partial charge is 0.457 e. The van der Waals surface area contributed by atoms with E-state index in [4.69, 9.17) is 14.9 Å². The lowest BCUT2D eigenvalue weighted by atomic mass is 10.2. The maximum Gasteiger partial charge on any atom is 0.226 e. The van der Waals surface area contributed by atoms with E-state index in [0.29, 0.717) is 23.9 Å². The van der Waals surface area contributed by atoms with Crippen molar-refractivity contribution < 1.29 is 9.15 Å². The first kappa shape index (κ1) is 18.3. The van der Waals surface area contributed by atoms with Crippen molar-refractivity contribution in [3.63, 3.8) is 0 Å². The van der Waals surface area contributed by atoms with Crippen LogP contribution in [-0.2, 0) is 6.54 Å². The molecule has 4 rings (SSSR count). The predicted octanol–water partition coefficient (Wildman–Crippen LogP) is 5.06. The van der Waals surface area contributed by atoms with Gasteiger partial charge in [0.2, 0.25) is 5.89 Å². The van der Waals surface area contributed by atoms with Crippen LogP contribution in [0.1, 0.15) is 5.69 Å². The second-order valence-corrected chi connectivity index (χ2v) is 6.28. The molecule has 0 amide bonds. The van der Waals surface area contributed by atoms with E-state index in [1.165, 1.54) is 0 Å². The van der Waals surface area contributed by atoms with E-state index in [0.717, 1.165) is 17.0 Å². The number of oxazole rings is 1. The number of nitrogens with one attached hydrogen (secondary N) is 1. The molecule has 0 fully saturated rings. The van der Waals surface area contributed by atoms with E-state index in [1.54, 1.807) is 6.26 Å². The van der Waals surface area contributed by atoms with Crippen LogP contribution in [0.3, 0.4) is 0 Å². The summed E-state index contributed by atoms with van der Waals surface area (Å²) in [4.78, 5) is 8.77. The average molecular weight is 384 g/mol. The molecule has 0 aliphatic carbocycles. The van der Waals surface area contributed by atoms with Crippen molar-refractivity contribution in [2.45, 2.75) is 6.54 Å². The summed E-state index contributed by atoms with van der Waals surface area (Å²) in [5, 5.41) is 3.07. The van der Waals surface area contributed by atoms with Crippen LogP contribution in [0, 0.1) is 0 Å². The predicted molar refractivity (Wildman–Crippen MR) is 114 cm³/mol. The average Bonchev–Trinajstić information content (AvgIpc) is 3.23. The number of nitrogens with zero attached hydrogens (tertiary/aromatic N) is 2. The summed E-state index contributed by atoms with van der Waals surface area (Å²) in [5.74, 6) is 2.32. The van der Waals surface area contributed by atoms with Gasteiger partial charge in [-0.25, -0.2) is 9.98 Å². The molecule has 0 aliphatic heterocycles. The third-order valence-electron chi connectivity index (χ3n) is 4.07. The van der Waals surface area contributed by atoms with Crippen molar-refractivity contribution in [1.82, 2.24) is 4.98 Å². The lowest BCUT2D eigenvalue weighted by molar-refractivity contribution is 0.483. The highest BCUT2D eigenvalue weighted by molar-refractivity contribution is 5.92. The number of aliphatic imine (C=N–C) groups is 1. The monoisotopic (exact) mass is 384 g/mol. The van der Waals surface area contributed by atoms with Gasteiger partial charge in [-0.15, -0.1) is 0 Å². The molecule has 0 spiro atoms. The summed E-state index contributed by atoms with van der Waals surface area (Å²) < 4.78 is 11.3. The van der Waals surface area contributed by atoms with Gasteiger partial charge in [-0.3, -0.25) is 0 Å². The van der Waals surface area contributed by atoms with Gasteiger partial charge in [0.05, 0.1) is 6.54 Å². The molecular weight excluding hydrogens is 364 g/mol. The number of hydrogen-bond donors (Lipinski definition) is 2. The number of anilines is 1. The first-order chi connectivity index (χ1) is 14.3. The SMILES string of the molecule is NC(=NCc1coc(-c2ccccc2)n1)Nc1cccc(Oc2ccccc2)c1. The van der Waals surface area contributed by atoms with Gasteiger partial charge < -0.3 is 20.2 Å². The number of ether oxygens (including phenoxy) is 1. The summed E-state index contributed by atoms with van der Waals surface area (Å²) in [6.07, 6.45) is 1.59. The highest BCUT2D eigenvalue weighted by Crippen LogP contribution is 2.24. The Labute approximate surface area is 168 Å². The number of guanidine groups is 1.